The zero-order chi connectivity index (χ0) is 20.4. The minimum absolute atomic E-state index is 0.115. The smallest absolute Gasteiger partial charge is 0.284 e. The van der Waals surface area contributed by atoms with Gasteiger partial charge in [-0.3, -0.25) is 4.90 Å². The fourth-order valence-corrected chi connectivity index (χ4v) is 5.16. The van der Waals surface area contributed by atoms with Gasteiger partial charge < -0.3 is 9.64 Å². The van der Waals surface area contributed by atoms with E-state index < -0.39 is 0 Å². The summed E-state index contributed by atoms with van der Waals surface area (Å²) in [6.07, 6.45) is 0.919. The zero-order valence-electron chi connectivity index (χ0n) is 17.5. The fraction of sp³-hybridized carbons (Fsp3) is 0.478. The molecule has 0 saturated carbocycles. The van der Waals surface area contributed by atoms with Crippen molar-refractivity contribution in [2.45, 2.75) is 43.1 Å². The van der Waals surface area contributed by atoms with E-state index in [1.807, 2.05) is 6.07 Å². The molecule has 152 valence electrons. The van der Waals surface area contributed by atoms with Crippen LogP contribution in [0, 0.1) is 11.3 Å². The number of likely N-dealkylation sites (N-methyl/N-ethyl adjacent to an activating group) is 1. The Morgan fingerprint density at radius 3 is 2.62 bits per heavy atom. The van der Waals surface area contributed by atoms with Crippen LogP contribution in [0.25, 0.3) is 0 Å². The molecule has 1 unspecified atom stereocenters. The van der Waals surface area contributed by atoms with E-state index in [2.05, 4.69) is 61.1 Å². The number of hydrogen-bond donors (Lipinski definition) is 1. The zero-order valence-corrected chi connectivity index (χ0v) is 18.4. The van der Waals surface area contributed by atoms with Gasteiger partial charge in [0, 0.05) is 12.2 Å². The average Bonchev–Trinajstić information content (AvgIpc) is 2.74. The molecule has 6 heteroatoms. The Balaban J connectivity index is 1.77. The number of ether oxygens (including phenoxy) is 1. The second-order valence-corrected chi connectivity index (χ2v) is 9.62. The van der Waals surface area contributed by atoms with E-state index in [0.29, 0.717) is 0 Å². The van der Waals surface area contributed by atoms with Crippen LogP contribution in [0.4, 0.5) is 5.82 Å². The van der Waals surface area contributed by atoms with Gasteiger partial charge >= 0.3 is 0 Å². The third kappa shape index (κ3) is 4.13. The van der Waals surface area contributed by atoms with Crippen LogP contribution in [0.3, 0.4) is 0 Å². The van der Waals surface area contributed by atoms with Crippen molar-refractivity contribution in [2.75, 3.05) is 38.3 Å². The van der Waals surface area contributed by atoms with Gasteiger partial charge in [-0.1, -0.05) is 42.1 Å². The van der Waals surface area contributed by atoms with Crippen molar-refractivity contribution in [2.24, 2.45) is 0 Å². The first-order valence-electron chi connectivity index (χ1n) is 10.3. The largest absolute Gasteiger partial charge is 0.373 e. The van der Waals surface area contributed by atoms with Crippen LogP contribution in [-0.4, -0.2) is 38.9 Å². The van der Waals surface area contributed by atoms with Gasteiger partial charge in [0.1, 0.15) is 36.8 Å². The molecule has 1 atom stereocenters. The number of pyridine rings is 1. The number of fused-ring (bicyclic) bond motifs is 1. The Bertz CT molecular complexity index is 917. The summed E-state index contributed by atoms with van der Waals surface area (Å²) in [7, 11) is 2.26. The van der Waals surface area contributed by atoms with Crippen molar-refractivity contribution in [3.8, 4) is 6.07 Å². The van der Waals surface area contributed by atoms with Gasteiger partial charge in [0.05, 0.1) is 25.8 Å². The van der Waals surface area contributed by atoms with E-state index in [0.717, 1.165) is 55.6 Å². The number of thioether (sulfide) groups is 1. The van der Waals surface area contributed by atoms with Crippen molar-refractivity contribution in [3.05, 3.63) is 52.6 Å². The second-order valence-electron chi connectivity index (χ2n) is 8.64. The molecule has 1 aromatic heterocycles. The highest BCUT2D eigenvalue weighted by Crippen LogP contribution is 2.33. The Labute approximate surface area is 177 Å². The van der Waals surface area contributed by atoms with Crippen LogP contribution in [0.5, 0.6) is 0 Å². The number of nitrogens with zero attached hydrogens (tertiary/aromatic N) is 2. The highest BCUT2D eigenvalue weighted by Gasteiger charge is 2.41. The van der Waals surface area contributed by atoms with Gasteiger partial charge in [0.2, 0.25) is 0 Å². The lowest BCUT2D eigenvalue weighted by atomic mass is 9.84. The molecule has 2 aliphatic rings. The molecule has 2 N–H and O–H groups in total. The number of morpholine rings is 1. The summed E-state index contributed by atoms with van der Waals surface area (Å²) in [5.74, 6) is 2.04. The summed E-state index contributed by atoms with van der Waals surface area (Å²) in [4.78, 5) is 7.57. The maximum atomic E-state index is 10.1. The van der Waals surface area contributed by atoms with E-state index in [1.165, 1.54) is 27.4 Å². The van der Waals surface area contributed by atoms with Crippen LogP contribution < -0.4 is 14.8 Å². The van der Waals surface area contributed by atoms with Crippen molar-refractivity contribution in [1.29, 1.82) is 5.26 Å². The van der Waals surface area contributed by atoms with Gasteiger partial charge in [0.25, 0.3) is 5.82 Å². The standard InChI is InChI=1S/C23H28N4OS/c1-23(2)13-18-19(14-24)22(29-16-17-7-5-4-6-8-17)25-21(20(18)15-26(23)3)27-9-11-28-12-10-27/h4-8H,9-13,15-16H2,1-3H3/p+2. The molecule has 4 rings (SSSR count). The third-order valence-electron chi connectivity index (χ3n) is 6.29. The lowest BCUT2D eigenvalue weighted by Gasteiger charge is -2.38. The molecule has 1 aromatic carbocycles. The van der Waals surface area contributed by atoms with Gasteiger partial charge in [-0.25, -0.2) is 4.98 Å². The number of aromatic nitrogens is 1. The molecule has 1 saturated heterocycles. The molecule has 0 bridgehead atoms. The van der Waals surface area contributed by atoms with Crippen molar-refractivity contribution in [3.63, 3.8) is 0 Å². The van der Waals surface area contributed by atoms with Crippen LogP contribution in [0.2, 0.25) is 0 Å². The summed E-state index contributed by atoms with van der Waals surface area (Å²) < 4.78 is 5.58. The lowest BCUT2D eigenvalue weighted by Crippen LogP contribution is -3.16. The Morgan fingerprint density at radius 1 is 1.21 bits per heavy atom. The molecule has 0 aliphatic carbocycles. The minimum atomic E-state index is 0.115. The number of benzene rings is 1. The van der Waals surface area contributed by atoms with E-state index in [4.69, 9.17) is 4.74 Å². The number of nitriles is 1. The second kappa shape index (κ2) is 8.35. The minimum Gasteiger partial charge on any atom is -0.373 e. The van der Waals surface area contributed by atoms with Crippen molar-refractivity contribution >= 4 is 17.6 Å². The molecule has 29 heavy (non-hydrogen) atoms. The summed E-state index contributed by atoms with van der Waals surface area (Å²) in [6, 6.07) is 13.0. The van der Waals surface area contributed by atoms with E-state index in [9.17, 15) is 5.26 Å². The molecule has 0 spiro atoms. The first-order valence-corrected chi connectivity index (χ1v) is 11.3. The normalized spacial score (nSPS) is 20.8. The number of rotatable bonds is 4. The number of anilines is 1. The predicted molar refractivity (Wildman–Crippen MR) is 115 cm³/mol. The Hall–Kier alpha value is -2.07. The molecule has 0 amide bonds. The molecule has 2 aromatic rings. The first kappa shape index (κ1) is 20.2. The van der Waals surface area contributed by atoms with E-state index in [1.54, 1.807) is 11.8 Å². The topological polar surface area (TPSA) is 54.8 Å². The number of H-pyrrole nitrogens is 1. The van der Waals surface area contributed by atoms with Crippen LogP contribution >= 0.6 is 11.8 Å². The Morgan fingerprint density at radius 2 is 1.93 bits per heavy atom. The van der Waals surface area contributed by atoms with Gasteiger partial charge in [-0.15, -0.1) is 0 Å². The van der Waals surface area contributed by atoms with Gasteiger partial charge in [-0.05, 0) is 25.0 Å². The maximum absolute atomic E-state index is 10.1. The van der Waals surface area contributed by atoms with Gasteiger partial charge in [-0.2, -0.15) is 5.26 Å². The summed E-state index contributed by atoms with van der Waals surface area (Å²) in [5, 5.41) is 11.1. The molecule has 5 nitrogen and oxygen atoms in total. The van der Waals surface area contributed by atoms with Crippen LogP contribution in [-0.2, 0) is 23.5 Å². The molecule has 3 heterocycles. The monoisotopic (exact) mass is 410 g/mol. The summed E-state index contributed by atoms with van der Waals surface area (Å²) >= 11 is 1.73. The first-order chi connectivity index (χ1) is 14.0. The molecular weight excluding hydrogens is 380 g/mol. The van der Waals surface area contributed by atoms with Crippen LogP contribution in [0.1, 0.15) is 36.1 Å². The van der Waals surface area contributed by atoms with Crippen molar-refractivity contribution < 1.29 is 14.6 Å². The SMILES string of the molecule is C[NH+]1Cc2c(N3CCOCC3)[nH+]c(SCc3ccccc3)c(C#N)c2CC1(C)C. The number of hydrogen-bond acceptors (Lipinski definition) is 4. The molecular formula is C23H30N4OS+2. The number of aromatic amines is 1. The van der Waals surface area contributed by atoms with E-state index >= 15 is 0 Å². The highest BCUT2D eigenvalue weighted by atomic mass is 32.2. The fourth-order valence-electron chi connectivity index (χ4n) is 4.17. The molecule has 0 radical (unpaired) electrons. The highest BCUT2D eigenvalue weighted by molar-refractivity contribution is 7.98. The number of quaternary nitrogens is 1. The number of nitrogens with one attached hydrogen (secondary N) is 2. The Kier molecular flexibility index (Phi) is 5.82. The third-order valence-corrected chi connectivity index (χ3v) is 7.36. The maximum Gasteiger partial charge on any atom is 0.284 e. The average molecular weight is 411 g/mol. The van der Waals surface area contributed by atoms with Crippen LogP contribution in [0.15, 0.2) is 35.4 Å². The molecule has 1 fully saturated rings. The van der Waals surface area contributed by atoms with Crippen molar-refractivity contribution in [1.82, 2.24) is 0 Å². The summed E-state index contributed by atoms with van der Waals surface area (Å²) in [6.45, 7) is 8.82. The summed E-state index contributed by atoms with van der Waals surface area (Å²) in [5.41, 5.74) is 4.76. The quantitative estimate of drug-likeness (QED) is 0.782. The van der Waals surface area contributed by atoms with Gasteiger partial charge in [0.15, 0.2) is 5.03 Å². The molecule has 2 aliphatic heterocycles. The lowest BCUT2D eigenvalue weighted by molar-refractivity contribution is -0.945. The van der Waals surface area contributed by atoms with E-state index in [-0.39, 0.29) is 5.54 Å². The predicted octanol–water partition coefficient (Wildman–Crippen LogP) is 1.85.